The molecule has 4 rings (SSSR count). The van der Waals surface area contributed by atoms with E-state index >= 15 is 0 Å². The third kappa shape index (κ3) is 3.82. The number of piperazine rings is 1. The molecule has 0 aliphatic carbocycles. The first-order chi connectivity index (χ1) is 12.8. The van der Waals surface area contributed by atoms with Crippen molar-refractivity contribution < 1.29 is 5.11 Å². The Balaban J connectivity index is 1.66. The molecular weight excluding hydrogens is 360 g/mol. The minimum Gasteiger partial charge on any atom is -0.395 e. The maximum Gasteiger partial charge on any atom is 0.0558 e. The van der Waals surface area contributed by atoms with Crippen LogP contribution in [0.5, 0.6) is 0 Å². The van der Waals surface area contributed by atoms with Crippen molar-refractivity contribution in [3.63, 3.8) is 0 Å². The maximum atomic E-state index is 9.21. The second-order valence-electron chi connectivity index (χ2n) is 6.93. The number of hydrogen-bond donors (Lipinski definition) is 1. The van der Waals surface area contributed by atoms with Crippen molar-refractivity contribution in [3.8, 4) is 0 Å². The van der Waals surface area contributed by atoms with E-state index in [-0.39, 0.29) is 6.61 Å². The Morgan fingerprint density at radius 2 is 1.88 bits per heavy atom. The van der Waals surface area contributed by atoms with Gasteiger partial charge in [0.1, 0.15) is 0 Å². The Morgan fingerprint density at radius 3 is 2.65 bits per heavy atom. The van der Waals surface area contributed by atoms with Crippen molar-refractivity contribution in [1.29, 1.82) is 0 Å². The van der Waals surface area contributed by atoms with Crippen LogP contribution in [0.3, 0.4) is 0 Å². The van der Waals surface area contributed by atoms with Gasteiger partial charge in [0, 0.05) is 53.5 Å². The predicted octanol–water partition coefficient (Wildman–Crippen LogP) is 3.77. The molecule has 1 fully saturated rings. The van der Waals surface area contributed by atoms with Crippen molar-refractivity contribution in [2.75, 3.05) is 45.6 Å². The number of thioether (sulfide) groups is 1. The lowest BCUT2D eigenvalue weighted by molar-refractivity contribution is 0.0823. The van der Waals surface area contributed by atoms with E-state index in [0.717, 1.165) is 39.1 Å². The molecule has 0 radical (unpaired) electrons. The van der Waals surface area contributed by atoms with Crippen LogP contribution in [0.4, 0.5) is 0 Å². The molecule has 0 spiro atoms. The van der Waals surface area contributed by atoms with Gasteiger partial charge in [-0.3, -0.25) is 9.80 Å². The van der Waals surface area contributed by atoms with Crippen molar-refractivity contribution in [1.82, 2.24) is 9.80 Å². The topological polar surface area (TPSA) is 26.7 Å². The molecule has 1 N–H and O–H groups in total. The molecule has 0 bridgehead atoms. The Labute approximate surface area is 164 Å². The van der Waals surface area contributed by atoms with Crippen molar-refractivity contribution in [2.24, 2.45) is 0 Å². The number of nitrogens with zero attached hydrogens (tertiary/aromatic N) is 2. The van der Waals surface area contributed by atoms with E-state index in [1.807, 2.05) is 23.5 Å². The van der Waals surface area contributed by atoms with Crippen molar-refractivity contribution in [2.45, 2.75) is 27.1 Å². The zero-order chi connectivity index (χ0) is 17.9. The van der Waals surface area contributed by atoms with E-state index in [1.54, 1.807) is 0 Å². The number of benzene rings is 2. The van der Waals surface area contributed by atoms with Gasteiger partial charge in [0.25, 0.3) is 0 Å². The Kier molecular flexibility index (Phi) is 5.91. The molecule has 138 valence electrons. The van der Waals surface area contributed by atoms with Crippen LogP contribution >= 0.6 is 23.5 Å². The second kappa shape index (κ2) is 8.36. The van der Waals surface area contributed by atoms with Gasteiger partial charge in [-0.05, 0) is 48.1 Å². The van der Waals surface area contributed by atoms with E-state index in [0.29, 0.717) is 6.04 Å². The molecule has 2 heterocycles. The standard InChI is InChI=1S/C21H26N2OS2/c1-25-17-6-7-21-18(15-17)19(14-16-4-2-3-5-20(16)26-21)23-10-8-22(9-11-23)12-13-24/h2-7,15,19,24H,8-14H2,1H3/t19-/m0/s1. The number of β-amino-alcohol motifs (C(OH)–C–C–N with tert-alkyl or cyclic N) is 1. The zero-order valence-corrected chi connectivity index (χ0v) is 16.9. The minimum atomic E-state index is 0.257. The molecule has 2 aliphatic rings. The van der Waals surface area contributed by atoms with Gasteiger partial charge in [0.2, 0.25) is 0 Å². The predicted molar refractivity (Wildman–Crippen MR) is 110 cm³/mol. The summed E-state index contributed by atoms with van der Waals surface area (Å²) < 4.78 is 0. The summed E-state index contributed by atoms with van der Waals surface area (Å²) in [5.74, 6) is 0. The first-order valence-electron chi connectivity index (χ1n) is 9.29. The van der Waals surface area contributed by atoms with Crippen LogP contribution in [-0.2, 0) is 6.42 Å². The lowest BCUT2D eigenvalue weighted by Crippen LogP contribution is -2.48. The molecule has 0 unspecified atom stereocenters. The first-order valence-corrected chi connectivity index (χ1v) is 11.3. The van der Waals surface area contributed by atoms with Gasteiger partial charge < -0.3 is 5.11 Å². The maximum absolute atomic E-state index is 9.21. The lowest BCUT2D eigenvalue weighted by atomic mass is 9.96. The largest absolute Gasteiger partial charge is 0.395 e. The Bertz CT molecular complexity index is 759. The van der Waals surface area contributed by atoms with E-state index in [1.165, 1.54) is 25.8 Å². The quantitative estimate of drug-likeness (QED) is 0.807. The Morgan fingerprint density at radius 1 is 1.08 bits per heavy atom. The number of aliphatic hydroxyl groups is 1. The van der Waals surface area contributed by atoms with Crippen LogP contribution in [0.25, 0.3) is 0 Å². The summed E-state index contributed by atoms with van der Waals surface area (Å²) in [5, 5.41) is 9.21. The van der Waals surface area contributed by atoms with Crippen LogP contribution < -0.4 is 0 Å². The molecule has 0 amide bonds. The van der Waals surface area contributed by atoms with E-state index in [4.69, 9.17) is 0 Å². The van der Waals surface area contributed by atoms with Crippen LogP contribution in [0.15, 0.2) is 57.2 Å². The van der Waals surface area contributed by atoms with Gasteiger partial charge in [-0.25, -0.2) is 0 Å². The fraction of sp³-hybridized carbons (Fsp3) is 0.429. The highest BCUT2D eigenvalue weighted by Gasteiger charge is 2.30. The van der Waals surface area contributed by atoms with Crippen LogP contribution in [-0.4, -0.2) is 60.5 Å². The molecule has 5 heteroatoms. The SMILES string of the molecule is CSc1ccc2c(c1)[C@@H](N1CCN(CCO)CC1)Cc1ccccc1S2. The summed E-state index contributed by atoms with van der Waals surface area (Å²) in [7, 11) is 0. The molecule has 2 aromatic carbocycles. The number of rotatable bonds is 4. The van der Waals surface area contributed by atoms with E-state index < -0.39 is 0 Å². The van der Waals surface area contributed by atoms with Crippen LogP contribution in [0, 0.1) is 0 Å². The first kappa shape index (κ1) is 18.4. The van der Waals surface area contributed by atoms with Gasteiger partial charge in [0.15, 0.2) is 0 Å². The highest BCUT2D eigenvalue weighted by atomic mass is 32.2. The third-order valence-electron chi connectivity index (χ3n) is 5.45. The third-order valence-corrected chi connectivity index (χ3v) is 7.38. The van der Waals surface area contributed by atoms with Crippen molar-refractivity contribution in [3.05, 3.63) is 53.6 Å². The van der Waals surface area contributed by atoms with Gasteiger partial charge >= 0.3 is 0 Å². The molecule has 2 aromatic rings. The van der Waals surface area contributed by atoms with Crippen molar-refractivity contribution >= 4 is 23.5 Å². The average Bonchev–Trinajstić information content (AvgIpc) is 2.85. The fourth-order valence-corrected chi connectivity index (χ4v) is 5.55. The molecule has 0 aromatic heterocycles. The zero-order valence-electron chi connectivity index (χ0n) is 15.2. The number of fused-ring (bicyclic) bond motifs is 2. The van der Waals surface area contributed by atoms with Crippen LogP contribution in [0.1, 0.15) is 17.2 Å². The summed E-state index contributed by atoms with van der Waals surface area (Å²) in [6.45, 7) is 5.28. The van der Waals surface area contributed by atoms with E-state index in [2.05, 4.69) is 58.5 Å². The lowest BCUT2D eigenvalue weighted by Gasteiger charge is -2.39. The van der Waals surface area contributed by atoms with Crippen LogP contribution in [0.2, 0.25) is 0 Å². The number of aliphatic hydroxyl groups excluding tert-OH is 1. The van der Waals surface area contributed by atoms with Gasteiger partial charge in [-0.15, -0.1) is 11.8 Å². The summed E-state index contributed by atoms with van der Waals surface area (Å²) >= 11 is 3.74. The highest BCUT2D eigenvalue weighted by molar-refractivity contribution is 7.99. The molecular formula is C21H26N2OS2. The molecule has 3 nitrogen and oxygen atoms in total. The summed E-state index contributed by atoms with van der Waals surface area (Å²) in [5.41, 5.74) is 2.94. The normalized spacial score (nSPS) is 21.1. The average molecular weight is 387 g/mol. The van der Waals surface area contributed by atoms with Gasteiger partial charge in [-0.1, -0.05) is 30.0 Å². The second-order valence-corrected chi connectivity index (χ2v) is 8.90. The number of hydrogen-bond acceptors (Lipinski definition) is 5. The molecule has 2 aliphatic heterocycles. The van der Waals surface area contributed by atoms with Gasteiger partial charge in [0.05, 0.1) is 6.61 Å². The fourth-order valence-electron chi connectivity index (χ4n) is 3.98. The molecule has 0 saturated carbocycles. The monoisotopic (exact) mass is 386 g/mol. The summed E-state index contributed by atoms with van der Waals surface area (Å²) in [6, 6.07) is 16.3. The summed E-state index contributed by atoms with van der Waals surface area (Å²) in [6.07, 6.45) is 3.23. The van der Waals surface area contributed by atoms with E-state index in [9.17, 15) is 5.11 Å². The summed E-state index contributed by atoms with van der Waals surface area (Å²) in [4.78, 5) is 9.16. The molecule has 1 atom stereocenters. The smallest absolute Gasteiger partial charge is 0.0558 e. The molecule has 26 heavy (non-hydrogen) atoms. The minimum absolute atomic E-state index is 0.257. The highest BCUT2D eigenvalue weighted by Crippen LogP contribution is 2.44. The molecule has 1 saturated heterocycles. The Hall–Kier alpha value is -0.980. The van der Waals surface area contributed by atoms with Gasteiger partial charge in [-0.2, -0.15) is 0 Å².